The largest absolute Gasteiger partial charge is 0.378 e. The molecule has 0 aliphatic heterocycles. The number of hydrogen-bond donors (Lipinski definition) is 0. The van der Waals surface area contributed by atoms with E-state index in [0.717, 1.165) is 11.4 Å². The number of anilines is 1. The molecule has 0 radical (unpaired) electrons. The van der Waals surface area contributed by atoms with Crippen LogP contribution in [-0.4, -0.2) is 14.1 Å². The summed E-state index contributed by atoms with van der Waals surface area (Å²) in [6.07, 6.45) is 0. The molecule has 3 rings (SSSR count). The van der Waals surface area contributed by atoms with E-state index in [-0.39, 0.29) is 0 Å². The number of benzene rings is 3. The summed E-state index contributed by atoms with van der Waals surface area (Å²) in [5.41, 5.74) is 2.99. The summed E-state index contributed by atoms with van der Waals surface area (Å²) in [6.45, 7) is 0. The molecule has 0 unspecified atom stereocenters. The quantitative estimate of drug-likeness (QED) is 0.557. The first-order chi connectivity index (χ1) is 11.3. The smallest absolute Gasteiger partial charge is 0.0857 e. The molecule has 23 heavy (non-hydrogen) atoms. The van der Waals surface area contributed by atoms with Crippen LogP contribution in [0.25, 0.3) is 0 Å². The predicted octanol–water partition coefficient (Wildman–Crippen LogP) is 5.85. The van der Waals surface area contributed by atoms with Gasteiger partial charge in [-0.1, -0.05) is 54.6 Å². The third kappa shape index (κ3) is 6.14. The Hall–Kier alpha value is -2.94. The highest BCUT2D eigenvalue weighted by molar-refractivity contribution is 5.43. The lowest BCUT2D eigenvalue weighted by molar-refractivity contribution is 1.13. The Balaban J connectivity index is 0.000000185. The third-order valence-electron chi connectivity index (χ3n) is 3.07. The lowest BCUT2D eigenvalue weighted by Crippen LogP contribution is -2.07. The molecule has 3 nitrogen and oxygen atoms in total. The minimum Gasteiger partial charge on any atom is -0.378 e. The first-order valence-corrected chi connectivity index (χ1v) is 7.50. The van der Waals surface area contributed by atoms with Crippen molar-refractivity contribution in [3.63, 3.8) is 0 Å². The standard InChI is InChI=1S/C12H10N2.C8H11N/c1-3-7-11(8-4-1)13-14-12-9-5-2-6-10-12;1-9(2)8-6-4-3-5-7-8/h1-10H;3-7H,1-2H3/b14-13+;. The van der Waals surface area contributed by atoms with Gasteiger partial charge in [-0.25, -0.2) is 0 Å². The molecule has 3 aromatic rings. The summed E-state index contributed by atoms with van der Waals surface area (Å²) in [6, 6.07) is 29.6. The van der Waals surface area contributed by atoms with Gasteiger partial charge >= 0.3 is 0 Å². The predicted molar refractivity (Wildman–Crippen MR) is 97.8 cm³/mol. The van der Waals surface area contributed by atoms with Gasteiger partial charge in [0.05, 0.1) is 11.4 Å². The van der Waals surface area contributed by atoms with Gasteiger partial charge in [-0.3, -0.25) is 0 Å². The highest BCUT2D eigenvalue weighted by Gasteiger charge is 1.88. The molecule has 0 spiro atoms. The average Bonchev–Trinajstić information content (AvgIpc) is 2.63. The van der Waals surface area contributed by atoms with Crippen LogP contribution in [0.1, 0.15) is 0 Å². The van der Waals surface area contributed by atoms with E-state index in [0.29, 0.717) is 0 Å². The SMILES string of the molecule is CN(C)c1ccccc1.c1ccc(/N=N/c2ccccc2)cc1. The molecule has 0 heterocycles. The molecule has 0 bridgehead atoms. The Morgan fingerprint density at radius 3 is 1.17 bits per heavy atom. The van der Waals surface area contributed by atoms with Gasteiger partial charge in [0, 0.05) is 19.8 Å². The van der Waals surface area contributed by atoms with Crippen molar-refractivity contribution in [1.29, 1.82) is 0 Å². The molecular weight excluding hydrogens is 282 g/mol. The minimum atomic E-state index is 0.872. The Bertz CT molecular complexity index is 651. The number of rotatable bonds is 3. The average molecular weight is 303 g/mol. The van der Waals surface area contributed by atoms with Crippen LogP contribution in [0.15, 0.2) is 101 Å². The van der Waals surface area contributed by atoms with E-state index in [9.17, 15) is 0 Å². The molecule has 116 valence electrons. The zero-order valence-corrected chi connectivity index (χ0v) is 13.5. The normalized spacial score (nSPS) is 10.0. The first-order valence-electron chi connectivity index (χ1n) is 7.50. The number of nitrogens with zero attached hydrogens (tertiary/aromatic N) is 3. The highest BCUT2D eigenvalue weighted by atomic mass is 15.1. The zero-order valence-electron chi connectivity index (χ0n) is 13.5. The van der Waals surface area contributed by atoms with Gasteiger partial charge in [0.25, 0.3) is 0 Å². The van der Waals surface area contributed by atoms with Gasteiger partial charge in [-0.05, 0) is 36.4 Å². The van der Waals surface area contributed by atoms with Crippen LogP contribution in [0.4, 0.5) is 17.1 Å². The Morgan fingerprint density at radius 2 is 0.870 bits per heavy atom. The molecule has 0 fully saturated rings. The molecule has 0 aliphatic rings. The molecule has 0 atom stereocenters. The van der Waals surface area contributed by atoms with Crippen molar-refractivity contribution in [1.82, 2.24) is 0 Å². The van der Waals surface area contributed by atoms with Crippen molar-refractivity contribution in [3.8, 4) is 0 Å². The molecule has 3 aromatic carbocycles. The summed E-state index contributed by atoms with van der Waals surface area (Å²) in [5.74, 6) is 0. The van der Waals surface area contributed by atoms with Gasteiger partial charge in [0.15, 0.2) is 0 Å². The fraction of sp³-hybridized carbons (Fsp3) is 0.100. The van der Waals surface area contributed by atoms with Crippen molar-refractivity contribution in [2.75, 3.05) is 19.0 Å². The minimum absolute atomic E-state index is 0.872. The summed E-state index contributed by atoms with van der Waals surface area (Å²) in [5, 5.41) is 8.20. The summed E-state index contributed by atoms with van der Waals surface area (Å²) < 4.78 is 0. The molecule has 3 heteroatoms. The fourth-order valence-electron chi connectivity index (χ4n) is 1.83. The molecule has 0 saturated heterocycles. The van der Waals surface area contributed by atoms with Crippen LogP contribution >= 0.6 is 0 Å². The van der Waals surface area contributed by atoms with Gasteiger partial charge < -0.3 is 4.90 Å². The van der Waals surface area contributed by atoms with E-state index < -0.39 is 0 Å². The second kappa shape index (κ2) is 9.15. The van der Waals surface area contributed by atoms with Crippen molar-refractivity contribution >= 4 is 17.1 Å². The van der Waals surface area contributed by atoms with E-state index in [4.69, 9.17) is 0 Å². The van der Waals surface area contributed by atoms with Crippen LogP contribution in [0, 0.1) is 0 Å². The van der Waals surface area contributed by atoms with E-state index in [2.05, 4.69) is 27.3 Å². The van der Waals surface area contributed by atoms with Gasteiger partial charge in [0.2, 0.25) is 0 Å². The zero-order chi connectivity index (χ0) is 16.3. The maximum Gasteiger partial charge on any atom is 0.0857 e. The van der Waals surface area contributed by atoms with Crippen LogP contribution in [-0.2, 0) is 0 Å². The summed E-state index contributed by atoms with van der Waals surface area (Å²) in [7, 11) is 4.07. The van der Waals surface area contributed by atoms with Gasteiger partial charge in [-0.2, -0.15) is 10.2 Å². The number of hydrogen-bond acceptors (Lipinski definition) is 3. The topological polar surface area (TPSA) is 28.0 Å². The Labute approximate surface area is 137 Å². The number of azo groups is 1. The van der Waals surface area contributed by atoms with Crippen molar-refractivity contribution < 1.29 is 0 Å². The molecule has 0 saturated carbocycles. The van der Waals surface area contributed by atoms with E-state index in [1.807, 2.05) is 93.0 Å². The maximum atomic E-state index is 4.10. The van der Waals surface area contributed by atoms with Crippen molar-refractivity contribution in [2.45, 2.75) is 0 Å². The Morgan fingerprint density at radius 1 is 0.522 bits per heavy atom. The van der Waals surface area contributed by atoms with Gasteiger partial charge in [-0.15, -0.1) is 0 Å². The molecule has 0 aromatic heterocycles. The van der Waals surface area contributed by atoms with E-state index in [1.54, 1.807) is 0 Å². The van der Waals surface area contributed by atoms with Crippen LogP contribution in [0.2, 0.25) is 0 Å². The lowest BCUT2D eigenvalue weighted by atomic mass is 10.3. The fourth-order valence-corrected chi connectivity index (χ4v) is 1.83. The van der Waals surface area contributed by atoms with Crippen molar-refractivity contribution in [3.05, 3.63) is 91.0 Å². The molecule has 0 N–H and O–H groups in total. The van der Waals surface area contributed by atoms with Crippen LogP contribution < -0.4 is 4.90 Å². The second-order valence-corrected chi connectivity index (χ2v) is 5.10. The first kappa shape index (κ1) is 16.4. The van der Waals surface area contributed by atoms with Crippen LogP contribution in [0.3, 0.4) is 0 Å². The van der Waals surface area contributed by atoms with Crippen molar-refractivity contribution in [2.24, 2.45) is 10.2 Å². The van der Waals surface area contributed by atoms with E-state index in [1.165, 1.54) is 5.69 Å². The molecule has 0 amide bonds. The third-order valence-corrected chi connectivity index (χ3v) is 3.07. The highest BCUT2D eigenvalue weighted by Crippen LogP contribution is 2.16. The second-order valence-electron chi connectivity index (χ2n) is 5.10. The molecular formula is C20H21N3. The van der Waals surface area contributed by atoms with Gasteiger partial charge in [0.1, 0.15) is 0 Å². The molecule has 0 aliphatic carbocycles. The Kier molecular flexibility index (Phi) is 6.54. The maximum absolute atomic E-state index is 4.10. The van der Waals surface area contributed by atoms with Crippen LogP contribution in [0.5, 0.6) is 0 Å². The lowest BCUT2D eigenvalue weighted by Gasteiger charge is -2.10. The van der Waals surface area contributed by atoms with E-state index >= 15 is 0 Å². The summed E-state index contributed by atoms with van der Waals surface area (Å²) in [4.78, 5) is 2.08. The summed E-state index contributed by atoms with van der Waals surface area (Å²) >= 11 is 0. The number of para-hydroxylation sites is 1. The monoisotopic (exact) mass is 303 g/mol.